The maximum atomic E-state index is 10.7. The molecule has 0 unspecified atom stereocenters. The average Bonchev–Trinajstić information content (AvgIpc) is 2.50. The minimum absolute atomic E-state index is 0.357. The van der Waals surface area contributed by atoms with Crippen molar-refractivity contribution in [1.82, 2.24) is 0 Å². The summed E-state index contributed by atoms with van der Waals surface area (Å²) in [6.45, 7) is 7.60. The Labute approximate surface area is 121 Å². The van der Waals surface area contributed by atoms with Crippen LogP contribution in [-0.4, -0.2) is 24.2 Å². The van der Waals surface area contributed by atoms with Gasteiger partial charge in [-0.3, -0.25) is 0 Å². The van der Waals surface area contributed by atoms with Gasteiger partial charge in [-0.1, -0.05) is 24.8 Å². The molecular weight excluding hydrogens is 250 g/mol. The first-order valence-electron chi connectivity index (χ1n) is 7.01. The number of hydrogen-bond acceptors (Lipinski definition) is 2. The second-order valence-electron chi connectivity index (χ2n) is 4.66. The Morgan fingerprint density at radius 2 is 1.80 bits per heavy atom. The SMILES string of the molecule is C=C/C=C\C.O=C(O)c1ccc(N2CCCCC2)cc1. The Morgan fingerprint density at radius 3 is 2.20 bits per heavy atom. The Kier molecular flexibility index (Phi) is 7.18. The van der Waals surface area contributed by atoms with Gasteiger partial charge in [0.25, 0.3) is 0 Å². The van der Waals surface area contributed by atoms with E-state index in [4.69, 9.17) is 5.11 Å². The van der Waals surface area contributed by atoms with E-state index >= 15 is 0 Å². The van der Waals surface area contributed by atoms with Crippen LogP contribution in [0.2, 0.25) is 0 Å². The van der Waals surface area contributed by atoms with E-state index < -0.39 is 5.97 Å². The fourth-order valence-electron chi connectivity index (χ4n) is 2.10. The van der Waals surface area contributed by atoms with Crippen molar-refractivity contribution in [3.8, 4) is 0 Å². The van der Waals surface area contributed by atoms with Gasteiger partial charge in [0.15, 0.2) is 0 Å². The van der Waals surface area contributed by atoms with E-state index in [0.29, 0.717) is 5.56 Å². The predicted molar refractivity (Wildman–Crippen MR) is 84.5 cm³/mol. The second-order valence-corrected chi connectivity index (χ2v) is 4.66. The van der Waals surface area contributed by atoms with Gasteiger partial charge in [0, 0.05) is 18.8 Å². The normalized spacial score (nSPS) is 14.6. The lowest BCUT2D eigenvalue weighted by atomic mass is 10.1. The number of hydrogen-bond donors (Lipinski definition) is 1. The predicted octanol–water partition coefficient (Wildman–Crippen LogP) is 4.12. The average molecular weight is 273 g/mol. The van der Waals surface area contributed by atoms with Gasteiger partial charge in [0.05, 0.1) is 5.56 Å². The molecule has 1 heterocycles. The molecular formula is C17H23NO2. The molecule has 0 atom stereocenters. The third-order valence-electron chi connectivity index (χ3n) is 3.16. The summed E-state index contributed by atoms with van der Waals surface area (Å²) in [6, 6.07) is 7.14. The Morgan fingerprint density at radius 1 is 1.20 bits per heavy atom. The summed E-state index contributed by atoms with van der Waals surface area (Å²) >= 11 is 0. The molecule has 2 rings (SSSR count). The van der Waals surface area contributed by atoms with Crippen molar-refractivity contribution in [2.45, 2.75) is 26.2 Å². The molecule has 0 aliphatic carbocycles. The number of anilines is 1. The van der Waals surface area contributed by atoms with E-state index in [-0.39, 0.29) is 0 Å². The number of carboxylic acid groups (broad SMARTS) is 1. The van der Waals surface area contributed by atoms with E-state index in [2.05, 4.69) is 11.5 Å². The number of allylic oxidation sites excluding steroid dienone is 3. The van der Waals surface area contributed by atoms with E-state index in [9.17, 15) is 4.79 Å². The highest BCUT2D eigenvalue weighted by Gasteiger charge is 2.11. The third kappa shape index (κ3) is 5.31. The second kappa shape index (κ2) is 8.97. The number of rotatable bonds is 3. The van der Waals surface area contributed by atoms with Crippen LogP contribution in [0.15, 0.2) is 49.1 Å². The number of nitrogens with zero attached hydrogens (tertiary/aromatic N) is 1. The summed E-state index contributed by atoms with van der Waals surface area (Å²) < 4.78 is 0. The van der Waals surface area contributed by atoms with Crippen molar-refractivity contribution in [3.63, 3.8) is 0 Å². The summed E-state index contributed by atoms with van der Waals surface area (Å²) in [6.07, 6.45) is 9.36. The highest BCUT2D eigenvalue weighted by Crippen LogP contribution is 2.20. The van der Waals surface area contributed by atoms with Gasteiger partial charge < -0.3 is 10.0 Å². The first kappa shape index (κ1) is 16.0. The van der Waals surface area contributed by atoms with Crippen molar-refractivity contribution in [2.75, 3.05) is 18.0 Å². The van der Waals surface area contributed by atoms with E-state index in [1.54, 1.807) is 18.2 Å². The van der Waals surface area contributed by atoms with E-state index in [1.165, 1.54) is 19.3 Å². The third-order valence-corrected chi connectivity index (χ3v) is 3.16. The topological polar surface area (TPSA) is 40.5 Å². The molecule has 0 saturated carbocycles. The number of piperidine rings is 1. The molecule has 1 aromatic rings. The lowest BCUT2D eigenvalue weighted by Gasteiger charge is -2.28. The number of benzene rings is 1. The highest BCUT2D eigenvalue weighted by molar-refractivity contribution is 5.88. The summed E-state index contributed by atoms with van der Waals surface area (Å²) in [5.41, 5.74) is 1.50. The zero-order valence-corrected chi connectivity index (χ0v) is 12.1. The molecule has 0 aromatic heterocycles. The molecule has 3 heteroatoms. The molecule has 0 spiro atoms. The smallest absolute Gasteiger partial charge is 0.335 e. The zero-order chi connectivity index (χ0) is 14.8. The van der Waals surface area contributed by atoms with Crippen LogP contribution in [0.5, 0.6) is 0 Å². The van der Waals surface area contributed by atoms with E-state index in [1.807, 2.05) is 31.2 Å². The van der Waals surface area contributed by atoms with Crippen LogP contribution in [0.25, 0.3) is 0 Å². The highest BCUT2D eigenvalue weighted by atomic mass is 16.4. The van der Waals surface area contributed by atoms with Crippen LogP contribution >= 0.6 is 0 Å². The zero-order valence-electron chi connectivity index (χ0n) is 12.1. The van der Waals surface area contributed by atoms with Crippen LogP contribution in [0.1, 0.15) is 36.5 Å². The standard InChI is InChI=1S/C12H15NO2.C5H8/c14-12(15)10-4-6-11(7-5-10)13-8-2-1-3-9-13;1-3-5-4-2/h4-7H,1-3,8-9H2,(H,14,15);3-5H,1H2,2H3/b;5-4-. The lowest BCUT2D eigenvalue weighted by Crippen LogP contribution is -2.29. The molecule has 1 saturated heterocycles. The number of carboxylic acids is 1. The van der Waals surface area contributed by atoms with Crippen molar-refractivity contribution >= 4 is 11.7 Å². The Hall–Kier alpha value is -2.03. The molecule has 1 fully saturated rings. The molecule has 0 radical (unpaired) electrons. The van der Waals surface area contributed by atoms with Gasteiger partial charge in [-0.05, 0) is 50.5 Å². The molecule has 0 amide bonds. The first-order chi connectivity index (χ1) is 9.69. The molecule has 20 heavy (non-hydrogen) atoms. The fourth-order valence-corrected chi connectivity index (χ4v) is 2.10. The maximum absolute atomic E-state index is 10.7. The van der Waals surface area contributed by atoms with Gasteiger partial charge in [-0.25, -0.2) is 4.79 Å². The summed E-state index contributed by atoms with van der Waals surface area (Å²) in [5, 5.41) is 8.77. The van der Waals surface area contributed by atoms with Gasteiger partial charge in [0.1, 0.15) is 0 Å². The Bertz CT molecular complexity index is 443. The van der Waals surface area contributed by atoms with Crippen molar-refractivity contribution in [3.05, 3.63) is 54.6 Å². The first-order valence-corrected chi connectivity index (χ1v) is 7.01. The Balaban J connectivity index is 0.000000347. The minimum atomic E-state index is -0.861. The van der Waals surface area contributed by atoms with Crippen LogP contribution in [0.3, 0.4) is 0 Å². The molecule has 1 aliphatic rings. The quantitative estimate of drug-likeness (QED) is 0.842. The molecule has 1 aromatic carbocycles. The maximum Gasteiger partial charge on any atom is 0.335 e. The molecule has 108 valence electrons. The van der Waals surface area contributed by atoms with Crippen LogP contribution in [-0.2, 0) is 0 Å². The molecule has 3 nitrogen and oxygen atoms in total. The van der Waals surface area contributed by atoms with Crippen molar-refractivity contribution < 1.29 is 9.90 Å². The number of aromatic carboxylic acids is 1. The van der Waals surface area contributed by atoms with Crippen molar-refractivity contribution in [1.29, 1.82) is 0 Å². The molecule has 1 aliphatic heterocycles. The molecule has 0 bridgehead atoms. The summed E-state index contributed by atoms with van der Waals surface area (Å²) in [7, 11) is 0. The van der Waals surface area contributed by atoms with Gasteiger partial charge in [-0.15, -0.1) is 0 Å². The van der Waals surface area contributed by atoms with Gasteiger partial charge in [0.2, 0.25) is 0 Å². The fraction of sp³-hybridized carbons (Fsp3) is 0.353. The van der Waals surface area contributed by atoms with Crippen molar-refractivity contribution in [2.24, 2.45) is 0 Å². The lowest BCUT2D eigenvalue weighted by molar-refractivity contribution is 0.0697. The van der Waals surface area contributed by atoms with Crippen LogP contribution in [0.4, 0.5) is 5.69 Å². The number of carbonyl (C=O) groups is 1. The van der Waals surface area contributed by atoms with Gasteiger partial charge in [-0.2, -0.15) is 0 Å². The summed E-state index contributed by atoms with van der Waals surface area (Å²) in [4.78, 5) is 13.0. The van der Waals surface area contributed by atoms with Crippen LogP contribution in [0, 0.1) is 0 Å². The monoisotopic (exact) mass is 273 g/mol. The van der Waals surface area contributed by atoms with E-state index in [0.717, 1.165) is 18.8 Å². The minimum Gasteiger partial charge on any atom is -0.478 e. The molecule has 1 N–H and O–H groups in total. The van der Waals surface area contributed by atoms with Crippen LogP contribution < -0.4 is 4.90 Å². The summed E-state index contributed by atoms with van der Waals surface area (Å²) in [5.74, 6) is -0.861. The van der Waals surface area contributed by atoms with Gasteiger partial charge >= 0.3 is 5.97 Å². The largest absolute Gasteiger partial charge is 0.478 e.